The second-order valence-electron chi connectivity index (χ2n) is 5.29. The van der Waals surface area contributed by atoms with Crippen molar-refractivity contribution in [1.29, 1.82) is 0 Å². The number of para-hydroxylation sites is 1. The quantitative estimate of drug-likeness (QED) is 0.662. The van der Waals surface area contributed by atoms with E-state index in [0.29, 0.717) is 29.2 Å². The topological polar surface area (TPSA) is 94.0 Å². The van der Waals surface area contributed by atoms with Crippen LogP contribution >= 0.6 is 0 Å². The maximum absolute atomic E-state index is 14.1. The molecule has 130 valence electrons. The highest BCUT2D eigenvalue weighted by Crippen LogP contribution is 2.25. The first-order chi connectivity index (χ1) is 12.1. The van der Waals surface area contributed by atoms with Crippen LogP contribution < -0.4 is 10.9 Å². The first kappa shape index (κ1) is 16.8. The number of methoxy groups -OCH3 is 1. The van der Waals surface area contributed by atoms with Crippen LogP contribution in [0.4, 0.5) is 10.2 Å². The number of hydrazine groups is 1. The van der Waals surface area contributed by atoms with E-state index in [9.17, 15) is 9.18 Å². The Hall–Kier alpha value is -3.07. The fourth-order valence-electron chi connectivity index (χ4n) is 2.39. The van der Waals surface area contributed by atoms with Gasteiger partial charge in [0.05, 0.1) is 24.1 Å². The predicted octanol–water partition coefficient (Wildman–Crippen LogP) is 1.74. The van der Waals surface area contributed by atoms with Crippen LogP contribution in [0.15, 0.2) is 30.6 Å². The van der Waals surface area contributed by atoms with Gasteiger partial charge in [0.15, 0.2) is 11.5 Å². The molecular formula is C16H17FN6O2. The summed E-state index contributed by atoms with van der Waals surface area (Å²) in [5, 5.41) is 4.95. The number of carbonyl (C=O) groups excluding carboxylic acids is 1. The Labute approximate surface area is 143 Å². The number of halogens is 1. The van der Waals surface area contributed by atoms with Crippen molar-refractivity contribution >= 4 is 22.8 Å². The highest BCUT2D eigenvalue weighted by Gasteiger charge is 2.17. The number of fused-ring (bicyclic) bond motifs is 1. The highest BCUT2D eigenvalue weighted by molar-refractivity contribution is 5.91. The minimum Gasteiger partial charge on any atom is -0.384 e. The van der Waals surface area contributed by atoms with E-state index < -0.39 is 5.82 Å². The normalized spacial score (nSPS) is 10.8. The van der Waals surface area contributed by atoms with Crippen molar-refractivity contribution in [3.63, 3.8) is 0 Å². The maximum atomic E-state index is 14.1. The lowest BCUT2D eigenvalue weighted by atomic mass is 10.3. The van der Waals surface area contributed by atoms with E-state index in [1.807, 2.05) is 0 Å². The highest BCUT2D eigenvalue weighted by atomic mass is 19.1. The van der Waals surface area contributed by atoms with E-state index >= 15 is 0 Å². The van der Waals surface area contributed by atoms with Gasteiger partial charge in [-0.05, 0) is 19.1 Å². The lowest BCUT2D eigenvalue weighted by Crippen LogP contribution is -2.30. The van der Waals surface area contributed by atoms with Crippen LogP contribution in [0.5, 0.6) is 0 Å². The van der Waals surface area contributed by atoms with Gasteiger partial charge in [0, 0.05) is 7.11 Å². The number of hydrogen-bond acceptors (Lipinski definition) is 6. The van der Waals surface area contributed by atoms with E-state index in [-0.39, 0.29) is 18.0 Å². The second kappa shape index (κ2) is 7.22. The lowest BCUT2D eigenvalue weighted by Gasteiger charge is -2.09. The number of nitrogens with one attached hydrogen (secondary N) is 2. The molecule has 0 unspecified atom stereocenters. The Bertz CT molecular complexity index is 911. The van der Waals surface area contributed by atoms with Crippen molar-refractivity contribution in [1.82, 2.24) is 25.2 Å². The molecule has 2 N–H and O–H groups in total. The molecule has 0 aliphatic carbocycles. The Morgan fingerprint density at radius 2 is 2.12 bits per heavy atom. The summed E-state index contributed by atoms with van der Waals surface area (Å²) in [5.41, 5.74) is 6.63. The summed E-state index contributed by atoms with van der Waals surface area (Å²) in [7, 11) is 1.52. The molecule has 0 bridgehead atoms. The zero-order chi connectivity index (χ0) is 17.8. The predicted molar refractivity (Wildman–Crippen MR) is 89.6 cm³/mol. The van der Waals surface area contributed by atoms with E-state index in [1.54, 1.807) is 25.1 Å². The Kier molecular flexibility index (Phi) is 4.85. The van der Waals surface area contributed by atoms with Gasteiger partial charge >= 0.3 is 0 Å². The molecule has 1 aromatic carbocycles. The van der Waals surface area contributed by atoms with E-state index in [2.05, 4.69) is 25.9 Å². The van der Waals surface area contributed by atoms with E-state index in [1.165, 1.54) is 24.2 Å². The van der Waals surface area contributed by atoms with E-state index in [0.717, 1.165) is 0 Å². The van der Waals surface area contributed by atoms with Gasteiger partial charge in [-0.1, -0.05) is 12.1 Å². The number of nitrogens with zero attached hydrogens (tertiary/aromatic N) is 4. The van der Waals surface area contributed by atoms with Crippen LogP contribution in [-0.4, -0.2) is 39.4 Å². The number of aromatic nitrogens is 4. The van der Waals surface area contributed by atoms with Crippen molar-refractivity contribution in [2.75, 3.05) is 19.1 Å². The van der Waals surface area contributed by atoms with Gasteiger partial charge in [-0.3, -0.25) is 15.6 Å². The Morgan fingerprint density at radius 1 is 1.32 bits per heavy atom. The average Bonchev–Trinajstić information content (AvgIpc) is 2.96. The van der Waals surface area contributed by atoms with Crippen LogP contribution in [0.3, 0.4) is 0 Å². The summed E-state index contributed by atoms with van der Waals surface area (Å²) < 4.78 is 20.4. The van der Waals surface area contributed by atoms with Crippen LogP contribution in [0.2, 0.25) is 0 Å². The first-order valence-corrected chi connectivity index (χ1v) is 7.61. The Balaban J connectivity index is 1.95. The number of amides is 1. The summed E-state index contributed by atoms with van der Waals surface area (Å²) in [4.78, 5) is 20.0. The molecule has 0 fully saturated rings. The molecule has 1 amide bonds. The van der Waals surface area contributed by atoms with Gasteiger partial charge in [0.1, 0.15) is 17.8 Å². The van der Waals surface area contributed by atoms with Gasteiger partial charge < -0.3 is 4.74 Å². The number of carbonyl (C=O) groups is 1. The number of rotatable bonds is 6. The Morgan fingerprint density at radius 3 is 2.88 bits per heavy atom. The lowest BCUT2D eigenvalue weighted by molar-refractivity contribution is -0.121. The molecule has 8 nitrogen and oxygen atoms in total. The van der Waals surface area contributed by atoms with Gasteiger partial charge in [-0.25, -0.2) is 19.0 Å². The fourth-order valence-corrected chi connectivity index (χ4v) is 2.39. The van der Waals surface area contributed by atoms with Gasteiger partial charge in [0.2, 0.25) is 5.91 Å². The molecule has 0 aliphatic rings. The summed E-state index contributed by atoms with van der Waals surface area (Å²) in [6.07, 6.45) is 1.54. The zero-order valence-electron chi connectivity index (χ0n) is 13.8. The minimum atomic E-state index is -0.409. The fraction of sp³-hybridized carbons (Fsp3) is 0.250. The molecule has 0 spiro atoms. The SMILES string of the molecule is COCCC(=O)NNc1ncnc2c1c(C)nn2-c1ccccc1F. The van der Waals surface area contributed by atoms with Crippen LogP contribution in [0, 0.1) is 12.7 Å². The molecule has 0 saturated carbocycles. The molecule has 2 heterocycles. The van der Waals surface area contributed by atoms with Gasteiger partial charge in [-0.2, -0.15) is 5.10 Å². The first-order valence-electron chi connectivity index (χ1n) is 7.61. The van der Waals surface area contributed by atoms with Crippen LogP contribution in [0.25, 0.3) is 16.7 Å². The number of benzene rings is 1. The smallest absolute Gasteiger partial charge is 0.240 e. The van der Waals surface area contributed by atoms with E-state index in [4.69, 9.17) is 4.74 Å². The third kappa shape index (κ3) is 3.41. The molecule has 0 radical (unpaired) electrons. The number of ether oxygens (including phenoxy) is 1. The average molecular weight is 344 g/mol. The number of anilines is 1. The largest absolute Gasteiger partial charge is 0.384 e. The molecule has 25 heavy (non-hydrogen) atoms. The summed E-state index contributed by atoms with van der Waals surface area (Å²) in [6.45, 7) is 2.08. The summed E-state index contributed by atoms with van der Waals surface area (Å²) in [6, 6.07) is 6.30. The van der Waals surface area contributed by atoms with Crippen molar-refractivity contribution in [3.8, 4) is 5.69 Å². The zero-order valence-corrected chi connectivity index (χ0v) is 13.8. The minimum absolute atomic E-state index is 0.213. The second-order valence-corrected chi connectivity index (χ2v) is 5.29. The monoisotopic (exact) mass is 344 g/mol. The van der Waals surface area contributed by atoms with Crippen LogP contribution in [-0.2, 0) is 9.53 Å². The van der Waals surface area contributed by atoms with Crippen molar-refractivity contribution in [2.45, 2.75) is 13.3 Å². The number of aryl methyl sites for hydroxylation is 1. The molecule has 0 aliphatic heterocycles. The third-order valence-corrected chi connectivity index (χ3v) is 3.57. The molecule has 0 atom stereocenters. The van der Waals surface area contributed by atoms with Crippen molar-refractivity contribution in [2.24, 2.45) is 0 Å². The maximum Gasteiger partial charge on any atom is 0.240 e. The van der Waals surface area contributed by atoms with Crippen LogP contribution in [0.1, 0.15) is 12.1 Å². The molecule has 3 rings (SSSR count). The molecule has 9 heteroatoms. The van der Waals surface area contributed by atoms with Crippen molar-refractivity contribution in [3.05, 3.63) is 42.1 Å². The summed E-state index contributed by atoms with van der Waals surface area (Å²) >= 11 is 0. The molecule has 3 aromatic rings. The number of hydrogen-bond donors (Lipinski definition) is 2. The van der Waals surface area contributed by atoms with Gasteiger partial charge in [0.25, 0.3) is 0 Å². The summed E-state index contributed by atoms with van der Waals surface area (Å²) in [5.74, 6) is -0.267. The third-order valence-electron chi connectivity index (χ3n) is 3.57. The standard InChI is InChI=1S/C16H17FN6O2/c1-10-14-15(21-20-13(24)7-8-25-2)18-9-19-16(14)23(22-10)12-6-4-3-5-11(12)17/h3-6,9H,7-8H2,1-2H3,(H,20,24)(H,18,19,21). The molecule has 2 aromatic heterocycles. The molecular weight excluding hydrogens is 327 g/mol. The van der Waals surface area contributed by atoms with Crippen molar-refractivity contribution < 1.29 is 13.9 Å². The van der Waals surface area contributed by atoms with Gasteiger partial charge in [-0.15, -0.1) is 0 Å². The molecule has 0 saturated heterocycles.